The zero-order valence-corrected chi connectivity index (χ0v) is 10.5. The lowest BCUT2D eigenvalue weighted by molar-refractivity contribution is 0.0914. The van der Waals surface area contributed by atoms with E-state index in [9.17, 15) is 9.90 Å². The molecule has 2 rings (SSSR count). The molecule has 2 aromatic rings. The van der Waals surface area contributed by atoms with Crippen LogP contribution in [-0.4, -0.2) is 43.9 Å². The smallest absolute Gasteiger partial charge is 0.251 e. The summed E-state index contributed by atoms with van der Waals surface area (Å²) < 4.78 is 1.50. The van der Waals surface area contributed by atoms with Gasteiger partial charge in [0.15, 0.2) is 0 Å². The van der Waals surface area contributed by atoms with Gasteiger partial charge in [0.2, 0.25) is 0 Å². The molecule has 0 bridgehead atoms. The fourth-order valence-corrected chi connectivity index (χ4v) is 1.50. The van der Waals surface area contributed by atoms with Gasteiger partial charge in [0.05, 0.1) is 11.8 Å². The van der Waals surface area contributed by atoms with Crippen molar-refractivity contribution in [3.8, 4) is 5.69 Å². The number of aliphatic hydroxyl groups is 1. The molecule has 0 radical (unpaired) electrons. The van der Waals surface area contributed by atoms with Gasteiger partial charge >= 0.3 is 0 Å². The van der Waals surface area contributed by atoms with E-state index in [0.29, 0.717) is 12.0 Å². The van der Waals surface area contributed by atoms with Gasteiger partial charge in [0.1, 0.15) is 6.33 Å². The Bertz CT molecular complexity index is 524. The Labute approximate surface area is 110 Å². The van der Waals surface area contributed by atoms with Crippen molar-refractivity contribution in [2.45, 2.75) is 19.4 Å². The van der Waals surface area contributed by atoms with E-state index < -0.39 is 6.10 Å². The number of nitrogens with zero attached hydrogens (tertiary/aromatic N) is 4. The molecule has 1 aromatic heterocycles. The monoisotopic (exact) mass is 261 g/mol. The van der Waals surface area contributed by atoms with Gasteiger partial charge in [-0.2, -0.15) is 0 Å². The number of carbonyl (C=O) groups is 1. The van der Waals surface area contributed by atoms with Crippen molar-refractivity contribution in [3.05, 3.63) is 36.2 Å². The Hall–Kier alpha value is -2.28. The number of nitrogens with one attached hydrogen (secondary N) is 1. The lowest BCUT2D eigenvalue weighted by Gasteiger charge is -2.09. The largest absolute Gasteiger partial charge is 0.391 e. The molecule has 19 heavy (non-hydrogen) atoms. The van der Waals surface area contributed by atoms with E-state index >= 15 is 0 Å². The first-order chi connectivity index (χ1) is 9.20. The van der Waals surface area contributed by atoms with E-state index in [4.69, 9.17) is 0 Å². The third-order valence-corrected chi connectivity index (χ3v) is 2.71. The first-order valence-corrected chi connectivity index (χ1v) is 6.00. The summed E-state index contributed by atoms with van der Waals surface area (Å²) in [5.41, 5.74) is 1.30. The highest BCUT2D eigenvalue weighted by atomic mass is 16.3. The second-order valence-electron chi connectivity index (χ2n) is 4.07. The number of hydrogen-bond donors (Lipinski definition) is 2. The summed E-state index contributed by atoms with van der Waals surface area (Å²) in [6, 6.07) is 6.87. The van der Waals surface area contributed by atoms with Crippen molar-refractivity contribution in [2.24, 2.45) is 0 Å². The molecule has 7 nitrogen and oxygen atoms in total. The maximum absolute atomic E-state index is 11.8. The predicted octanol–water partition coefficient (Wildman–Crippen LogP) is 0.163. The zero-order chi connectivity index (χ0) is 13.7. The van der Waals surface area contributed by atoms with Gasteiger partial charge in [-0.15, -0.1) is 5.10 Å². The Balaban J connectivity index is 2.00. The fourth-order valence-electron chi connectivity index (χ4n) is 1.50. The van der Waals surface area contributed by atoms with Crippen LogP contribution in [0.5, 0.6) is 0 Å². The summed E-state index contributed by atoms with van der Waals surface area (Å²) in [5, 5.41) is 22.9. The quantitative estimate of drug-likeness (QED) is 0.800. The molecule has 0 fully saturated rings. The minimum absolute atomic E-state index is 0.212. The van der Waals surface area contributed by atoms with Crippen molar-refractivity contribution in [2.75, 3.05) is 6.54 Å². The molecule has 0 aliphatic heterocycles. The second-order valence-corrected chi connectivity index (χ2v) is 4.07. The van der Waals surface area contributed by atoms with Gasteiger partial charge in [0, 0.05) is 12.1 Å². The number of tetrazole rings is 1. The fraction of sp³-hybridized carbons (Fsp3) is 0.333. The first-order valence-electron chi connectivity index (χ1n) is 6.00. The van der Waals surface area contributed by atoms with Gasteiger partial charge in [-0.05, 0) is 41.1 Å². The molecule has 7 heteroatoms. The van der Waals surface area contributed by atoms with Crippen LogP contribution in [0, 0.1) is 0 Å². The van der Waals surface area contributed by atoms with Crippen LogP contribution in [-0.2, 0) is 0 Å². The number of carbonyl (C=O) groups excluding carboxylic acids is 1. The van der Waals surface area contributed by atoms with Crippen LogP contribution in [0.1, 0.15) is 23.7 Å². The SMILES string of the molecule is CCC(O)CNC(=O)c1ccc(-n2cnnn2)cc1. The number of rotatable bonds is 5. The van der Waals surface area contributed by atoms with Crippen molar-refractivity contribution in [3.63, 3.8) is 0 Å². The highest BCUT2D eigenvalue weighted by Gasteiger charge is 2.08. The minimum Gasteiger partial charge on any atom is -0.391 e. The lowest BCUT2D eigenvalue weighted by Crippen LogP contribution is -2.31. The van der Waals surface area contributed by atoms with Crippen molar-refractivity contribution >= 4 is 5.91 Å². The molecule has 0 saturated carbocycles. The van der Waals surface area contributed by atoms with Crippen LogP contribution in [0.15, 0.2) is 30.6 Å². The minimum atomic E-state index is -0.510. The maximum atomic E-state index is 11.8. The zero-order valence-electron chi connectivity index (χ0n) is 10.5. The molecule has 1 amide bonds. The summed E-state index contributed by atoms with van der Waals surface area (Å²) in [7, 11) is 0. The number of hydrogen-bond acceptors (Lipinski definition) is 5. The first kappa shape index (κ1) is 13.2. The van der Waals surface area contributed by atoms with E-state index in [-0.39, 0.29) is 12.5 Å². The molecule has 2 N–H and O–H groups in total. The highest BCUT2D eigenvalue weighted by Crippen LogP contribution is 2.07. The van der Waals surface area contributed by atoms with Gasteiger partial charge in [0.25, 0.3) is 5.91 Å². The third-order valence-electron chi connectivity index (χ3n) is 2.71. The average Bonchev–Trinajstić information content (AvgIpc) is 2.98. The van der Waals surface area contributed by atoms with Crippen LogP contribution in [0.2, 0.25) is 0 Å². The summed E-state index contributed by atoms with van der Waals surface area (Å²) in [4.78, 5) is 11.8. The summed E-state index contributed by atoms with van der Waals surface area (Å²) in [6.45, 7) is 2.11. The predicted molar refractivity (Wildman–Crippen MR) is 67.8 cm³/mol. The van der Waals surface area contributed by atoms with E-state index in [1.165, 1.54) is 11.0 Å². The summed E-state index contributed by atoms with van der Waals surface area (Å²) in [5.74, 6) is -0.212. The Morgan fingerprint density at radius 1 is 1.42 bits per heavy atom. The van der Waals surface area contributed by atoms with Crippen molar-refractivity contribution < 1.29 is 9.90 Å². The van der Waals surface area contributed by atoms with Gasteiger partial charge in [-0.3, -0.25) is 4.79 Å². The summed E-state index contributed by atoms with van der Waals surface area (Å²) in [6.07, 6.45) is 1.58. The molecule has 0 spiro atoms. The number of aliphatic hydroxyl groups excluding tert-OH is 1. The Morgan fingerprint density at radius 2 is 2.16 bits per heavy atom. The molecule has 100 valence electrons. The highest BCUT2D eigenvalue weighted by molar-refractivity contribution is 5.94. The summed E-state index contributed by atoms with van der Waals surface area (Å²) >= 11 is 0. The molecule has 1 heterocycles. The molecule has 1 unspecified atom stereocenters. The average molecular weight is 261 g/mol. The van der Waals surface area contributed by atoms with E-state index in [2.05, 4.69) is 20.8 Å². The molecular weight excluding hydrogens is 246 g/mol. The van der Waals surface area contributed by atoms with Crippen molar-refractivity contribution in [1.29, 1.82) is 0 Å². The Morgan fingerprint density at radius 3 is 2.74 bits per heavy atom. The van der Waals surface area contributed by atoms with E-state index in [1.54, 1.807) is 24.3 Å². The van der Waals surface area contributed by atoms with Crippen LogP contribution in [0.3, 0.4) is 0 Å². The van der Waals surface area contributed by atoms with Crippen LogP contribution < -0.4 is 5.32 Å². The molecule has 0 aliphatic carbocycles. The number of aromatic nitrogens is 4. The molecule has 0 aliphatic rings. The standard InChI is InChI=1S/C12H15N5O2/c1-2-11(18)7-13-12(19)9-3-5-10(6-4-9)17-8-14-15-16-17/h3-6,8,11,18H,2,7H2,1H3,(H,13,19). The molecule has 0 saturated heterocycles. The normalized spacial score (nSPS) is 12.1. The van der Waals surface area contributed by atoms with Crippen molar-refractivity contribution in [1.82, 2.24) is 25.5 Å². The Kier molecular flexibility index (Phi) is 4.19. The topological polar surface area (TPSA) is 92.9 Å². The maximum Gasteiger partial charge on any atom is 0.251 e. The van der Waals surface area contributed by atoms with Crippen LogP contribution in [0.4, 0.5) is 0 Å². The number of amides is 1. The molecule has 1 aromatic carbocycles. The van der Waals surface area contributed by atoms with E-state index in [0.717, 1.165) is 5.69 Å². The van der Waals surface area contributed by atoms with Crippen LogP contribution >= 0.6 is 0 Å². The number of benzene rings is 1. The van der Waals surface area contributed by atoms with Gasteiger partial charge < -0.3 is 10.4 Å². The third kappa shape index (κ3) is 3.35. The lowest BCUT2D eigenvalue weighted by atomic mass is 10.2. The second kappa shape index (κ2) is 6.05. The van der Waals surface area contributed by atoms with Gasteiger partial charge in [-0.25, -0.2) is 4.68 Å². The van der Waals surface area contributed by atoms with E-state index in [1.807, 2.05) is 6.92 Å². The molecule has 1 atom stereocenters. The van der Waals surface area contributed by atoms with Crippen LogP contribution in [0.25, 0.3) is 5.69 Å². The molecular formula is C12H15N5O2. The van der Waals surface area contributed by atoms with Gasteiger partial charge in [-0.1, -0.05) is 6.92 Å².